The molecule has 0 saturated heterocycles. The lowest BCUT2D eigenvalue weighted by Crippen LogP contribution is -2.33. The average Bonchev–Trinajstić information content (AvgIpc) is 3.11. The van der Waals surface area contributed by atoms with Crippen molar-refractivity contribution in [3.63, 3.8) is 0 Å². The first-order valence-corrected chi connectivity index (χ1v) is 18.9. The van der Waals surface area contributed by atoms with Gasteiger partial charge in [0.25, 0.3) is 11.8 Å². The number of hydrogen-bond donors (Lipinski definition) is 5. The second kappa shape index (κ2) is 18.1. The van der Waals surface area contributed by atoms with Gasteiger partial charge in [0.1, 0.15) is 17.2 Å². The summed E-state index contributed by atoms with van der Waals surface area (Å²) < 4.78 is 20.2. The van der Waals surface area contributed by atoms with Crippen molar-refractivity contribution in [2.45, 2.75) is 32.1 Å². The monoisotopic (exact) mass is 964 g/mol. The van der Waals surface area contributed by atoms with Crippen molar-refractivity contribution in [2.75, 3.05) is 20.2 Å². The van der Waals surface area contributed by atoms with E-state index < -0.39 is 11.8 Å². The number of oxime groups is 2. The summed E-state index contributed by atoms with van der Waals surface area (Å²) in [6.45, 7) is 0.558. The molecule has 7 rings (SSSR count). The molecule has 0 unspecified atom stereocenters. The van der Waals surface area contributed by atoms with Gasteiger partial charge in [0.15, 0.2) is 28.7 Å². The number of phenols is 1. The van der Waals surface area contributed by atoms with Crippen LogP contribution in [0.25, 0.3) is 0 Å². The van der Waals surface area contributed by atoms with E-state index in [0.717, 1.165) is 11.1 Å². The minimum atomic E-state index is -0.569. The molecule has 272 valence electrons. The minimum Gasteiger partial charge on any atom is -0.504 e. The van der Waals surface area contributed by atoms with Gasteiger partial charge in [0, 0.05) is 25.9 Å². The Kier molecular flexibility index (Phi) is 13.6. The summed E-state index contributed by atoms with van der Waals surface area (Å²) >= 11 is 14.2. The van der Waals surface area contributed by atoms with Gasteiger partial charge < -0.3 is 40.4 Å². The maximum atomic E-state index is 13.1. The lowest BCUT2D eigenvalue weighted by atomic mass is 10.1. The number of phenolic OH excluding ortho intramolecular Hbond substituents is 1. The first-order chi connectivity index (χ1) is 25.0. The van der Waals surface area contributed by atoms with Crippen molar-refractivity contribution in [3.8, 4) is 34.5 Å². The molecule has 3 aliphatic rings. The van der Waals surface area contributed by atoms with Crippen molar-refractivity contribution in [1.82, 2.24) is 10.6 Å². The lowest BCUT2D eigenvalue weighted by Gasteiger charge is -2.17. The van der Waals surface area contributed by atoms with Crippen LogP contribution in [0.3, 0.4) is 0 Å². The van der Waals surface area contributed by atoms with Crippen LogP contribution in [-0.4, -0.2) is 59.0 Å². The number of nitrogens with one attached hydrogen (secondary N) is 2. The number of fused-ring (bicyclic) bond motifs is 2. The zero-order valence-electron chi connectivity index (χ0n) is 27.5. The number of carbonyl (C=O) groups is 2. The number of carbonyl (C=O) groups excluding carboxylic acids is 2. The van der Waals surface area contributed by atoms with E-state index in [1.54, 1.807) is 42.5 Å². The van der Waals surface area contributed by atoms with Gasteiger partial charge in [0.05, 0.1) is 25.0 Å². The number of methoxy groups -OCH3 is 1. The summed E-state index contributed by atoms with van der Waals surface area (Å²) in [7, 11) is 1.49. The summed E-state index contributed by atoms with van der Waals surface area (Å²) in [4.78, 5) is 26.0. The molecule has 3 heterocycles. The van der Waals surface area contributed by atoms with Crippen LogP contribution in [-0.2, 0) is 35.3 Å². The normalized spacial score (nSPS) is 16.2. The van der Waals surface area contributed by atoms with Crippen LogP contribution < -0.4 is 24.8 Å². The third-order valence-electron chi connectivity index (χ3n) is 7.92. The van der Waals surface area contributed by atoms with Gasteiger partial charge >= 0.3 is 0 Å². The van der Waals surface area contributed by atoms with Gasteiger partial charge in [-0.3, -0.25) is 9.59 Å². The summed E-state index contributed by atoms with van der Waals surface area (Å²) in [5.41, 5.74) is 2.80. The van der Waals surface area contributed by atoms with Crippen molar-refractivity contribution in [3.05, 3.63) is 101 Å². The number of rotatable bonds is 1. The Morgan fingerprint density at radius 3 is 1.85 bits per heavy atom. The van der Waals surface area contributed by atoms with E-state index >= 15 is 0 Å². The average molecular weight is 968 g/mol. The molecule has 0 radical (unpaired) electrons. The molecule has 0 spiro atoms. The third kappa shape index (κ3) is 9.85. The fraction of sp³-hybridized carbons (Fsp3) is 0.222. The highest BCUT2D eigenvalue weighted by Crippen LogP contribution is 2.44. The number of aromatic hydroxyl groups is 1. The Balaban J connectivity index is 1.45. The maximum absolute atomic E-state index is 13.1. The van der Waals surface area contributed by atoms with Crippen LogP contribution >= 0.6 is 63.7 Å². The highest BCUT2D eigenvalue weighted by atomic mass is 79.9. The van der Waals surface area contributed by atoms with E-state index in [0.29, 0.717) is 77.8 Å². The van der Waals surface area contributed by atoms with Crippen LogP contribution in [0.4, 0.5) is 0 Å². The number of amides is 2. The SMILES string of the molecule is COc1c(Br)cc2cc1Oc1c(Br)cc(cc1Br)C/C(=N\O)C(=O)NCCCc1ccc(c(Br)c1)Oc1cc(ccc1O)CCNC(=O)/C(=N/O)C2. The molecule has 4 aromatic carbocycles. The van der Waals surface area contributed by atoms with E-state index in [-0.39, 0.29) is 42.3 Å². The summed E-state index contributed by atoms with van der Waals surface area (Å²) in [6, 6.07) is 17.4. The predicted octanol–water partition coefficient (Wildman–Crippen LogP) is 8.20. The molecule has 52 heavy (non-hydrogen) atoms. The summed E-state index contributed by atoms with van der Waals surface area (Å²) in [5, 5.41) is 42.1. The molecule has 0 fully saturated rings. The van der Waals surface area contributed by atoms with Crippen molar-refractivity contribution < 1.29 is 39.3 Å². The zero-order valence-corrected chi connectivity index (χ0v) is 33.9. The van der Waals surface area contributed by atoms with Crippen LogP contribution in [0.5, 0.6) is 34.5 Å². The Morgan fingerprint density at radius 1 is 0.654 bits per heavy atom. The first-order valence-electron chi connectivity index (χ1n) is 15.8. The van der Waals surface area contributed by atoms with E-state index in [4.69, 9.17) is 14.2 Å². The molecule has 8 bridgehead atoms. The molecule has 5 N–H and O–H groups in total. The Bertz CT molecular complexity index is 2030. The third-order valence-corrected chi connectivity index (χ3v) is 10.3. The highest BCUT2D eigenvalue weighted by molar-refractivity contribution is 9.11. The fourth-order valence-corrected chi connectivity index (χ4v) is 7.95. The Morgan fingerprint density at radius 2 is 1.21 bits per heavy atom. The molecule has 12 nitrogen and oxygen atoms in total. The molecule has 0 aliphatic carbocycles. The summed E-state index contributed by atoms with van der Waals surface area (Å²) in [5.74, 6) is 0.657. The van der Waals surface area contributed by atoms with Crippen molar-refractivity contribution in [1.29, 1.82) is 0 Å². The second-order valence-corrected chi connectivity index (χ2v) is 15.0. The zero-order chi connectivity index (χ0) is 37.4. The van der Waals surface area contributed by atoms with E-state index in [1.807, 2.05) is 12.1 Å². The number of halogens is 4. The quantitative estimate of drug-likeness (QED) is 0.0939. The molecule has 3 aliphatic heterocycles. The number of ether oxygens (including phenoxy) is 3. The number of benzene rings is 4. The van der Waals surface area contributed by atoms with Gasteiger partial charge in [-0.05, 0) is 154 Å². The van der Waals surface area contributed by atoms with Gasteiger partial charge in [-0.25, -0.2) is 0 Å². The number of hydrogen-bond acceptors (Lipinski definition) is 10. The smallest absolute Gasteiger partial charge is 0.269 e. The number of nitrogens with zero attached hydrogens (tertiary/aromatic N) is 2. The van der Waals surface area contributed by atoms with E-state index in [9.17, 15) is 25.1 Å². The lowest BCUT2D eigenvalue weighted by molar-refractivity contribution is -0.115. The van der Waals surface area contributed by atoms with Crippen LogP contribution in [0.15, 0.2) is 88.9 Å². The predicted molar refractivity (Wildman–Crippen MR) is 209 cm³/mol. The standard InChI is InChI=1S/C36H32Br4N4O8/c1-50-34-26(40)14-22-16-28(44-49)36(47)42-10-8-20-4-6-29(45)31(17-20)51-30-7-5-19(11-23(30)37)3-2-9-41-35(46)27(43-48)15-21-12-24(38)33(25(39)13-21)52-32(34)18-22/h4-7,11-14,17-18,45,48-49H,2-3,8-10,15-16H2,1H3,(H,41,46)(H,42,47)/b43-27+,44-28+. The summed E-state index contributed by atoms with van der Waals surface area (Å²) in [6.07, 6.45) is 1.65. The van der Waals surface area contributed by atoms with Gasteiger partial charge in [0.2, 0.25) is 0 Å². The molecular weight excluding hydrogens is 936 g/mol. The Labute approximate surface area is 332 Å². The van der Waals surface area contributed by atoms with E-state index in [1.165, 1.54) is 13.2 Å². The molecule has 4 aromatic rings. The van der Waals surface area contributed by atoms with Crippen LogP contribution in [0, 0.1) is 0 Å². The first kappa shape index (κ1) is 39.1. The molecule has 0 atom stereocenters. The highest BCUT2D eigenvalue weighted by Gasteiger charge is 2.21. The Hall–Kier alpha value is -4.12. The van der Waals surface area contributed by atoms with Crippen LogP contribution in [0.2, 0.25) is 0 Å². The topological polar surface area (TPSA) is 171 Å². The molecule has 2 amide bonds. The minimum absolute atomic E-state index is 0.0301. The molecule has 0 saturated carbocycles. The maximum Gasteiger partial charge on any atom is 0.269 e. The molecule has 16 heteroatoms. The largest absolute Gasteiger partial charge is 0.504 e. The van der Waals surface area contributed by atoms with Gasteiger partial charge in [-0.1, -0.05) is 22.4 Å². The fourth-order valence-electron chi connectivity index (χ4n) is 5.34. The number of aryl methyl sites for hydroxylation is 1. The molecule has 0 aromatic heterocycles. The van der Waals surface area contributed by atoms with Gasteiger partial charge in [-0.15, -0.1) is 0 Å². The van der Waals surface area contributed by atoms with Crippen molar-refractivity contribution >= 4 is 87.0 Å². The molecular formula is C36H32Br4N4O8. The van der Waals surface area contributed by atoms with Crippen LogP contribution in [0.1, 0.15) is 28.7 Å². The van der Waals surface area contributed by atoms with Gasteiger partial charge in [-0.2, -0.15) is 0 Å². The van der Waals surface area contributed by atoms with E-state index in [2.05, 4.69) is 84.7 Å². The van der Waals surface area contributed by atoms with Crippen molar-refractivity contribution in [2.24, 2.45) is 10.3 Å². The second-order valence-electron chi connectivity index (χ2n) is 11.6.